The van der Waals surface area contributed by atoms with Gasteiger partial charge in [-0.1, -0.05) is 18.2 Å². The molecule has 2 fully saturated rings. The van der Waals surface area contributed by atoms with Crippen LogP contribution in [0.4, 0.5) is 10.5 Å². The van der Waals surface area contributed by atoms with E-state index in [4.69, 9.17) is 0 Å². The summed E-state index contributed by atoms with van der Waals surface area (Å²) in [5.41, 5.74) is 0.732. The molecule has 1 aliphatic heterocycles. The number of para-hydroxylation sites is 1. The van der Waals surface area contributed by atoms with Gasteiger partial charge in [0, 0.05) is 24.8 Å². The Kier molecular flexibility index (Phi) is 5.53. The quantitative estimate of drug-likeness (QED) is 0.752. The fraction of sp³-hybridized carbons (Fsp3) is 0.500. The molecule has 7 nitrogen and oxygen atoms in total. The molecule has 25 heavy (non-hydrogen) atoms. The van der Waals surface area contributed by atoms with Gasteiger partial charge in [-0.25, -0.2) is 4.79 Å². The Labute approximate surface area is 147 Å². The maximum absolute atomic E-state index is 12.3. The molecule has 1 heterocycles. The molecule has 1 aliphatic carbocycles. The van der Waals surface area contributed by atoms with Crippen LogP contribution >= 0.6 is 0 Å². The fourth-order valence-corrected chi connectivity index (χ4v) is 2.92. The topological polar surface area (TPSA) is 90.5 Å². The lowest BCUT2D eigenvalue weighted by Gasteiger charge is -2.32. The molecule has 134 valence electrons. The number of nitrogens with one attached hydrogen (secondary N) is 3. The lowest BCUT2D eigenvalue weighted by atomic mass is 9.97. The van der Waals surface area contributed by atoms with Gasteiger partial charge in [-0.3, -0.25) is 9.59 Å². The summed E-state index contributed by atoms with van der Waals surface area (Å²) in [6.07, 6.45) is 3.54. The zero-order valence-electron chi connectivity index (χ0n) is 14.2. The van der Waals surface area contributed by atoms with Crippen molar-refractivity contribution in [1.29, 1.82) is 0 Å². The Hall–Kier alpha value is -2.57. The Morgan fingerprint density at radius 1 is 1.08 bits per heavy atom. The average Bonchev–Trinajstić information content (AvgIpc) is 3.44. The summed E-state index contributed by atoms with van der Waals surface area (Å²) in [6, 6.07) is 9.33. The third kappa shape index (κ3) is 5.20. The summed E-state index contributed by atoms with van der Waals surface area (Å²) in [4.78, 5) is 37.9. The first kappa shape index (κ1) is 17.3. The monoisotopic (exact) mass is 344 g/mol. The van der Waals surface area contributed by atoms with Gasteiger partial charge in [-0.15, -0.1) is 0 Å². The number of amides is 4. The van der Waals surface area contributed by atoms with E-state index in [1.165, 1.54) is 0 Å². The second-order valence-corrected chi connectivity index (χ2v) is 6.64. The van der Waals surface area contributed by atoms with Crippen molar-refractivity contribution in [2.45, 2.75) is 31.7 Å². The molecule has 1 aromatic carbocycles. The molecule has 1 saturated carbocycles. The molecule has 1 aromatic rings. The number of anilines is 1. The Balaban J connectivity index is 1.45. The number of piperidine rings is 1. The van der Waals surface area contributed by atoms with Crippen LogP contribution in [0.1, 0.15) is 25.7 Å². The van der Waals surface area contributed by atoms with E-state index >= 15 is 0 Å². The average molecular weight is 344 g/mol. The van der Waals surface area contributed by atoms with E-state index in [2.05, 4.69) is 16.0 Å². The molecule has 2 aliphatic rings. The molecule has 3 rings (SSSR count). The van der Waals surface area contributed by atoms with E-state index < -0.39 is 0 Å². The highest BCUT2D eigenvalue weighted by Gasteiger charge is 2.29. The molecule has 1 saturated heterocycles. The maximum Gasteiger partial charge on any atom is 0.321 e. The van der Waals surface area contributed by atoms with Crippen LogP contribution in [0.15, 0.2) is 30.3 Å². The van der Waals surface area contributed by atoms with Crippen LogP contribution < -0.4 is 16.0 Å². The molecule has 7 heteroatoms. The van der Waals surface area contributed by atoms with Crippen molar-refractivity contribution in [3.63, 3.8) is 0 Å². The first-order chi connectivity index (χ1) is 12.1. The van der Waals surface area contributed by atoms with Crippen LogP contribution in [0.3, 0.4) is 0 Å². The van der Waals surface area contributed by atoms with Gasteiger partial charge in [-0.2, -0.15) is 0 Å². The number of likely N-dealkylation sites (tertiary alicyclic amines) is 1. The summed E-state index contributed by atoms with van der Waals surface area (Å²) in [5.74, 6) is -0.586. The molecule has 0 aromatic heterocycles. The lowest BCUT2D eigenvalue weighted by Crippen LogP contribution is -2.48. The molecular formula is C18H24N4O3. The minimum absolute atomic E-state index is 0.00203. The standard InChI is InChI=1S/C18H24N4O3/c23-16(20-15-8-9-15)11-19-17(24)13-5-4-10-22(12-13)18(25)21-14-6-2-1-3-7-14/h1-3,6-7,13,15H,4-5,8-12H2,(H,19,24)(H,20,23)(H,21,25)/t13-/m1/s1. The summed E-state index contributed by atoms with van der Waals surface area (Å²) in [7, 11) is 0. The molecule has 4 amide bonds. The van der Waals surface area contributed by atoms with Gasteiger partial charge in [0.2, 0.25) is 11.8 Å². The van der Waals surface area contributed by atoms with E-state index in [1.54, 1.807) is 4.90 Å². The minimum Gasteiger partial charge on any atom is -0.352 e. The van der Waals surface area contributed by atoms with Gasteiger partial charge in [0.1, 0.15) is 0 Å². The summed E-state index contributed by atoms with van der Waals surface area (Å²) >= 11 is 0. The number of hydrogen-bond donors (Lipinski definition) is 3. The largest absolute Gasteiger partial charge is 0.352 e. The van der Waals surface area contributed by atoms with Crippen LogP contribution in [-0.2, 0) is 9.59 Å². The van der Waals surface area contributed by atoms with Crippen molar-refractivity contribution in [2.24, 2.45) is 5.92 Å². The normalized spacial score (nSPS) is 19.8. The van der Waals surface area contributed by atoms with Gasteiger partial charge in [0.15, 0.2) is 0 Å². The van der Waals surface area contributed by atoms with Crippen molar-refractivity contribution in [1.82, 2.24) is 15.5 Å². The van der Waals surface area contributed by atoms with Crippen LogP contribution in [0, 0.1) is 5.92 Å². The zero-order valence-corrected chi connectivity index (χ0v) is 14.2. The predicted octanol–water partition coefficient (Wildman–Crippen LogP) is 1.33. The Morgan fingerprint density at radius 2 is 1.84 bits per heavy atom. The predicted molar refractivity (Wildman–Crippen MR) is 93.9 cm³/mol. The number of rotatable bonds is 5. The summed E-state index contributed by atoms with van der Waals surface area (Å²) in [5, 5.41) is 8.36. The number of nitrogens with zero attached hydrogens (tertiary/aromatic N) is 1. The second-order valence-electron chi connectivity index (χ2n) is 6.64. The summed E-state index contributed by atoms with van der Waals surface area (Å²) in [6.45, 7) is 1.00. The number of carbonyl (C=O) groups is 3. The van der Waals surface area contributed by atoms with E-state index in [0.29, 0.717) is 13.1 Å². The number of hydrogen-bond acceptors (Lipinski definition) is 3. The zero-order chi connectivity index (χ0) is 17.6. The highest BCUT2D eigenvalue weighted by atomic mass is 16.2. The van der Waals surface area contributed by atoms with Crippen molar-refractivity contribution in [2.75, 3.05) is 25.0 Å². The van der Waals surface area contributed by atoms with Crippen LogP contribution in [0.2, 0.25) is 0 Å². The van der Waals surface area contributed by atoms with Crippen molar-refractivity contribution < 1.29 is 14.4 Å². The number of urea groups is 1. The molecule has 0 unspecified atom stereocenters. The molecule has 0 spiro atoms. The highest BCUT2D eigenvalue weighted by molar-refractivity contribution is 5.90. The van der Waals surface area contributed by atoms with Crippen molar-refractivity contribution in [3.05, 3.63) is 30.3 Å². The van der Waals surface area contributed by atoms with Gasteiger partial charge in [-0.05, 0) is 37.8 Å². The van der Waals surface area contributed by atoms with E-state index in [0.717, 1.165) is 31.4 Å². The minimum atomic E-state index is -0.274. The highest BCUT2D eigenvalue weighted by Crippen LogP contribution is 2.19. The molecule has 0 bridgehead atoms. The van der Waals surface area contributed by atoms with Crippen LogP contribution in [0.25, 0.3) is 0 Å². The first-order valence-electron chi connectivity index (χ1n) is 8.80. The van der Waals surface area contributed by atoms with Gasteiger partial charge in [0.05, 0.1) is 12.5 Å². The van der Waals surface area contributed by atoms with Gasteiger partial charge >= 0.3 is 6.03 Å². The third-order valence-electron chi connectivity index (χ3n) is 4.47. The number of carbonyl (C=O) groups excluding carboxylic acids is 3. The lowest BCUT2D eigenvalue weighted by molar-refractivity contribution is -0.129. The molecule has 0 radical (unpaired) electrons. The van der Waals surface area contributed by atoms with E-state index in [1.807, 2.05) is 30.3 Å². The Morgan fingerprint density at radius 3 is 2.56 bits per heavy atom. The molecular weight excluding hydrogens is 320 g/mol. The first-order valence-corrected chi connectivity index (χ1v) is 8.80. The third-order valence-corrected chi connectivity index (χ3v) is 4.47. The Bertz CT molecular complexity index is 630. The summed E-state index contributed by atoms with van der Waals surface area (Å²) < 4.78 is 0. The van der Waals surface area contributed by atoms with Crippen molar-refractivity contribution in [3.8, 4) is 0 Å². The van der Waals surface area contributed by atoms with E-state index in [-0.39, 0.29) is 36.3 Å². The second kappa shape index (κ2) is 8.00. The fourth-order valence-electron chi connectivity index (χ4n) is 2.92. The number of benzene rings is 1. The van der Waals surface area contributed by atoms with Gasteiger partial charge in [0.25, 0.3) is 0 Å². The van der Waals surface area contributed by atoms with Gasteiger partial charge < -0.3 is 20.9 Å². The SMILES string of the molecule is O=C(CNC(=O)[C@@H]1CCCN(C(=O)Nc2ccccc2)C1)NC1CC1. The maximum atomic E-state index is 12.3. The van der Waals surface area contributed by atoms with Crippen LogP contribution in [0.5, 0.6) is 0 Å². The molecule has 3 N–H and O–H groups in total. The van der Waals surface area contributed by atoms with Crippen LogP contribution in [-0.4, -0.2) is 48.4 Å². The smallest absolute Gasteiger partial charge is 0.321 e. The van der Waals surface area contributed by atoms with E-state index in [9.17, 15) is 14.4 Å². The van der Waals surface area contributed by atoms with Crippen molar-refractivity contribution >= 4 is 23.5 Å². The molecule has 1 atom stereocenters.